The van der Waals surface area contributed by atoms with E-state index in [-0.39, 0.29) is 0 Å². The smallest absolute Gasteiger partial charge is 0.122 e. The minimum Gasteiger partial charge on any atom is -0.497 e. The van der Waals surface area contributed by atoms with Gasteiger partial charge in [-0.05, 0) is 74.1 Å². The van der Waals surface area contributed by atoms with E-state index >= 15 is 0 Å². The molecule has 4 heteroatoms. The second kappa shape index (κ2) is 8.32. The summed E-state index contributed by atoms with van der Waals surface area (Å²) in [7, 11) is 3.49. The van der Waals surface area contributed by atoms with Gasteiger partial charge in [-0.2, -0.15) is 0 Å². The number of fused-ring (bicyclic) bond motifs is 3. The number of benzene rings is 2. The molecule has 0 radical (unpaired) electrons. The average molecular weight is 367 g/mol. The van der Waals surface area contributed by atoms with E-state index in [4.69, 9.17) is 9.47 Å². The molecule has 0 saturated carbocycles. The summed E-state index contributed by atoms with van der Waals surface area (Å²) in [6, 6.07) is 17.9. The van der Waals surface area contributed by atoms with E-state index in [1.165, 1.54) is 37.1 Å². The lowest BCUT2D eigenvalue weighted by Gasteiger charge is -2.51. The van der Waals surface area contributed by atoms with Crippen molar-refractivity contribution in [3.8, 4) is 11.5 Å². The monoisotopic (exact) mass is 366 g/mol. The molecule has 3 aliphatic rings. The molecule has 0 amide bonds. The van der Waals surface area contributed by atoms with Crippen molar-refractivity contribution in [2.75, 3.05) is 33.9 Å². The number of methoxy groups -OCH3 is 2. The Morgan fingerprint density at radius 3 is 2.59 bits per heavy atom. The van der Waals surface area contributed by atoms with Crippen molar-refractivity contribution < 1.29 is 9.47 Å². The lowest BCUT2D eigenvalue weighted by molar-refractivity contribution is 0.0122. The first-order valence-electron chi connectivity index (χ1n) is 10.0. The molecular formula is C23H30N2O2. The standard InChI is InChI=1S/C23H30N2O2/c1-26-20-8-5-7-19(16-20)23-22(18-11-14-25(23)15-12-18)24-13-10-17-6-3-4-9-21(17)27-2/h3-9,16,18,22-24H,10-15H2,1-2H3. The van der Waals surface area contributed by atoms with E-state index in [9.17, 15) is 0 Å². The third-order valence-electron chi connectivity index (χ3n) is 6.22. The van der Waals surface area contributed by atoms with Gasteiger partial charge in [-0.1, -0.05) is 30.3 Å². The van der Waals surface area contributed by atoms with Crippen LogP contribution in [0.3, 0.4) is 0 Å². The van der Waals surface area contributed by atoms with Gasteiger partial charge in [0.2, 0.25) is 0 Å². The Bertz CT molecular complexity index is 756. The van der Waals surface area contributed by atoms with Gasteiger partial charge < -0.3 is 14.8 Å². The largest absolute Gasteiger partial charge is 0.497 e. The third-order valence-corrected chi connectivity index (χ3v) is 6.22. The Balaban J connectivity index is 1.49. The van der Waals surface area contributed by atoms with E-state index in [0.717, 1.165) is 30.4 Å². The van der Waals surface area contributed by atoms with Crippen LogP contribution in [0.15, 0.2) is 48.5 Å². The van der Waals surface area contributed by atoms with Crippen LogP contribution >= 0.6 is 0 Å². The first-order chi connectivity index (χ1) is 13.3. The molecular weight excluding hydrogens is 336 g/mol. The van der Waals surface area contributed by atoms with Crippen LogP contribution < -0.4 is 14.8 Å². The summed E-state index contributed by atoms with van der Waals surface area (Å²) in [6.07, 6.45) is 3.58. The summed E-state index contributed by atoms with van der Waals surface area (Å²) in [4.78, 5) is 2.65. The van der Waals surface area contributed by atoms with Crippen molar-refractivity contribution in [1.29, 1.82) is 0 Å². The van der Waals surface area contributed by atoms with Crippen LogP contribution in [0.25, 0.3) is 0 Å². The number of nitrogens with zero attached hydrogens (tertiary/aromatic N) is 1. The van der Waals surface area contributed by atoms with E-state index in [1.54, 1.807) is 14.2 Å². The lowest BCUT2D eigenvalue weighted by Crippen LogP contribution is -2.58. The number of piperidine rings is 3. The van der Waals surface area contributed by atoms with Crippen molar-refractivity contribution >= 4 is 0 Å². The Hall–Kier alpha value is -2.04. The van der Waals surface area contributed by atoms with Crippen LogP contribution in [0.5, 0.6) is 11.5 Å². The molecule has 0 aliphatic carbocycles. The summed E-state index contributed by atoms with van der Waals surface area (Å²) in [6.45, 7) is 3.38. The molecule has 1 N–H and O–H groups in total. The number of rotatable bonds is 7. The van der Waals surface area contributed by atoms with Gasteiger partial charge in [0.15, 0.2) is 0 Å². The summed E-state index contributed by atoms with van der Waals surface area (Å²) < 4.78 is 11.0. The Morgan fingerprint density at radius 2 is 1.81 bits per heavy atom. The maximum atomic E-state index is 5.50. The van der Waals surface area contributed by atoms with Crippen LogP contribution in [-0.4, -0.2) is 44.8 Å². The predicted octanol–water partition coefficient (Wildman–Crippen LogP) is 3.67. The zero-order valence-corrected chi connectivity index (χ0v) is 16.4. The predicted molar refractivity (Wildman–Crippen MR) is 109 cm³/mol. The van der Waals surface area contributed by atoms with Gasteiger partial charge in [-0.15, -0.1) is 0 Å². The summed E-state index contributed by atoms with van der Waals surface area (Å²) >= 11 is 0. The first-order valence-corrected chi connectivity index (χ1v) is 10.0. The van der Waals surface area contributed by atoms with Gasteiger partial charge in [-0.25, -0.2) is 0 Å². The number of ether oxygens (including phenoxy) is 2. The van der Waals surface area contributed by atoms with Crippen molar-refractivity contribution in [2.24, 2.45) is 5.92 Å². The minimum absolute atomic E-state index is 0.435. The van der Waals surface area contributed by atoms with E-state index in [1.807, 2.05) is 18.2 Å². The van der Waals surface area contributed by atoms with Crippen LogP contribution in [0, 0.1) is 5.92 Å². The zero-order valence-electron chi connectivity index (χ0n) is 16.4. The molecule has 0 aromatic heterocycles. The minimum atomic E-state index is 0.435. The number of hydrogen-bond acceptors (Lipinski definition) is 4. The van der Waals surface area contributed by atoms with Crippen molar-refractivity contribution in [2.45, 2.75) is 31.3 Å². The number of nitrogens with one attached hydrogen (secondary N) is 1. The SMILES string of the molecule is COc1cccc(C2C(NCCc3ccccc3OC)C3CCN2CC3)c1. The van der Waals surface area contributed by atoms with Crippen LogP contribution in [0.1, 0.15) is 30.0 Å². The highest BCUT2D eigenvalue weighted by Gasteiger charge is 2.42. The van der Waals surface area contributed by atoms with Crippen LogP contribution in [0.2, 0.25) is 0 Å². The molecule has 3 saturated heterocycles. The highest BCUT2D eigenvalue weighted by Crippen LogP contribution is 2.41. The third kappa shape index (κ3) is 3.83. The molecule has 144 valence electrons. The fourth-order valence-corrected chi connectivity index (χ4v) is 4.85. The topological polar surface area (TPSA) is 33.7 Å². The fraction of sp³-hybridized carbons (Fsp3) is 0.478. The highest BCUT2D eigenvalue weighted by atomic mass is 16.5. The normalized spacial score (nSPS) is 26.7. The number of para-hydroxylation sites is 1. The molecule has 27 heavy (non-hydrogen) atoms. The Kier molecular flexibility index (Phi) is 5.65. The molecule has 2 unspecified atom stereocenters. The molecule has 5 rings (SSSR count). The lowest BCUT2D eigenvalue weighted by atomic mass is 9.76. The van der Waals surface area contributed by atoms with Crippen molar-refractivity contribution in [1.82, 2.24) is 10.2 Å². The molecule has 0 spiro atoms. The maximum absolute atomic E-state index is 5.50. The van der Waals surface area contributed by atoms with Crippen molar-refractivity contribution in [3.05, 3.63) is 59.7 Å². The molecule has 2 aromatic rings. The Morgan fingerprint density at radius 1 is 1.00 bits per heavy atom. The number of hydrogen-bond donors (Lipinski definition) is 1. The maximum Gasteiger partial charge on any atom is 0.122 e. The molecule has 4 nitrogen and oxygen atoms in total. The second-order valence-electron chi connectivity index (χ2n) is 7.64. The van der Waals surface area contributed by atoms with Gasteiger partial charge in [0.05, 0.1) is 20.3 Å². The first kappa shape index (κ1) is 18.3. The van der Waals surface area contributed by atoms with E-state index < -0.39 is 0 Å². The molecule has 3 aliphatic heterocycles. The van der Waals surface area contributed by atoms with Crippen molar-refractivity contribution in [3.63, 3.8) is 0 Å². The summed E-state index contributed by atoms with van der Waals surface area (Å²) in [5.74, 6) is 2.68. The molecule has 3 heterocycles. The zero-order chi connectivity index (χ0) is 18.6. The molecule has 3 fully saturated rings. The van der Waals surface area contributed by atoms with Crippen LogP contribution in [-0.2, 0) is 6.42 Å². The summed E-state index contributed by atoms with van der Waals surface area (Å²) in [5, 5.41) is 3.90. The fourth-order valence-electron chi connectivity index (χ4n) is 4.85. The van der Waals surface area contributed by atoms with Gasteiger partial charge in [0, 0.05) is 6.04 Å². The molecule has 2 atom stereocenters. The quantitative estimate of drug-likeness (QED) is 0.811. The molecule has 2 aromatic carbocycles. The summed E-state index contributed by atoms with van der Waals surface area (Å²) in [5.41, 5.74) is 2.64. The average Bonchev–Trinajstić information content (AvgIpc) is 2.74. The highest BCUT2D eigenvalue weighted by molar-refractivity contribution is 5.34. The molecule has 2 bridgehead atoms. The van der Waals surface area contributed by atoms with Gasteiger partial charge >= 0.3 is 0 Å². The Labute approximate surface area is 162 Å². The van der Waals surface area contributed by atoms with Gasteiger partial charge in [0.1, 0.15) is 11.5 Å². The van der Waals surface area contributed by atoms with Gasteiger partial charge in [0.25, 0.3) is 0 Å². The van der Waals surface area contributed by atoms with E-state index in [0.29, 0.717) is 12.1 Å². The second-order valence-corrected chi connectivity index (χ2v) is 7.64. The van der Waals surface area contributed by atoms with Crippen LogP contribution in [0.4, 0.5) is 0 Å². The van der Waals surface area contributed by atoms with Gasteiger partial charge in [-0.3, -0.25) is 4.90 Å². The van der Waals surface area contributed by atoms with E-state index in [2.05, 4.69) is 40.5 Å².